The number of rotatable bonds is 5. The second-order valence-electron chi connectivity index (χ2n) is 7.63. The van der Waals surface area contributed by atoms with Crippen LogP contribution in [0, 0.1) is 0 Å². The van der Waals surface area contributed by atoms with Gasteiger partial charge in [0.2, 0.25) is 11.9 Å². The van der Waals surface area contributed by atoms with Gasteiger partial charge in [0.05, 0.1) is 13.2 Å². The molecule has 1 unspecified atom stereocenters. The summed E-state index contributed by atoms with van der Waals surface area (Å²) in [6, 6.07) is 7.39. The Balaban J connectivity index is 2.01. The number of nitrogens with zero attached hydrogens (tertiary/aromatic N) is 6. The Labute approximate surface area is 170 Å². The minimum absolute atomic E-state index is 0.205. The van der Waals surface area contributed by atoms with Crippen molar-refractivity contribution in [2.24, 2.45) is 0 Å². The van der Waals surface area contributed by atoms with Gasteiger partial charge in [-0.15, -0.1) is 0 Å². The van der Waals surface area contributed by atoms with Gasteiger partial charge in [-0.05, 0) is 25.5 Å². The average Bonchev–Trinajstić information content (AvgIpc) is 3.13. The van der Waals surface area contributed by atoms with Crippen LogP contribution >= 0.6 is 0 Å². The molecule has 1 saturated heterocycles. The Morgan fingerprint density at radius 3 is 2.59 bits per heavy atom. The van der Waals surface area contributed by atoms with Crippen molar-refractivity contribution >= 4 is 23.1 Å². The summed E-state index contributed by atoms with van der Waals surface area (Å²) in [4.78, 5) is 18.9. The summed E-state index contributed by atoms with van der Waals surface area (Å²) in [5.74, 6) is 1.73. The number of hydrogen-bond donors (Lipinski definition) is 1. The molecule has 8 heteroatoms. The monoisotopic (exact) mass is 396 g/mol. The summed E-state index contributed by atoms with van der Waals surface area (Å²) in [5.41, 5.74) is 3.12. The van der Waals surface area contributed by atoms with E-state index in [4.69, 9.17) is 19.7 Å². The number of imidazole rings is 1. The van der Waals surface area contributed by atoms with E-state index in [0.717, 1.165) is 47.9 Å². The van der Waals surface area contributed by atoms with E-state index >= 15 is 0 Å². The molecule has 1 atom stereocenters. The molecule has 0 amide bonds. The Hall–Kier alpha value is -2.87. The van der Waals surface area contributed by atoms with Gasteiger partial charge in [0.1, 0.15) is 17.0 Å². The molecule has 3 heterocycles. The number of aromatic nitrogens is 4. The molecule has 1 N–H and O–H groups in total. The van der Waals surface area contributed by atoms with Crippen LogP contribution in [0.25, 0.3) is 22.4 Å². The van der Waals surface area contributed by atoms with E-state index < -0.39 is 0 Å². The molecule has 0 bridgehead atoms. The average molecular weight is 396 g/mol. The first-order chi connectivity index (χ1) is 14.0. The fraction of sp³-hybridized carbons (Fsp3) is 0.476. The lowest BCUT2D eigenvalue weighted by Gasteiger charge is -2.27. The van der Waals surface area contributed by atoms with Crippen molar-refractivity contribution in [3.63, 3.8) is 0 Å². The minimum atomic E-state index is 0.205. The largest absolute Gasteiger partial charge is 0.508 e. The summed E-state index contributed by atoms with van der Waals surface area (Å²) in [6.07, 6.45) is 0.963. The molecule has 0 radical (unpaired) electrons. The third-order valence-electron chi connectivity index (χ3n) is 5.35. The summed E-state index contributed by atoms with van der Waals surface area (Å²) in [7, 11) is 3.98. The van der Waals surface area contributed by atoms with Crippen molar-refractivity contribution < 1.29 is 9.84 Å². The van der Waals surface area contributed by atoms with Gasteiger partial charge in [-0.2, -0.15) is 4.98 Å². The predicted molar refractivity (Wildman–Crippen MR) is 115 cm³/mol. The zero-order valence-corrected chi connectivity index (χ0v) is 17.5. The number of aromatic hydroxyl groups is 1. The molecule has 8 nitrogen and oxygen atoms in total. The first-order valence-corrected chi connectivity index (χ1v) is 10.1. The van der Waals surface area contributed by atoms with Crippen molar-refractivity contribution in [3.8, 4) is 17.0 Å². The summed E-state index contributed by atoms with van der Waals surface area (Å²) in [5, 5.41) is 10.0. The van der Waals surface area contributed by atoms with E-state index in [-0.39, 0.29) is 11.8 Å². The summed E-state index contributed by atoms with van der Waals surface area (Å²) in [6.45, 7) is 7.17. The van der Waals surface area contributed by atoms with Crippen LogP contribution in [0.5, 0.6) is 5.75 Å². The standard InChI is InChI=1S/C21H28N6O2/c1-5-14(2)27-19-18(23-21(27)25(3)4)17(15-7-6-8-16(28)13-15)22-20(24-19)26-9-11-29-12-10-26/h6-8,13-14,28H,5,9-12H2,1-4H3. The molecule has 29 heavy (non-hydrogen) atoms. The molecule has 4 rings (SSSR count). The number of anilines is 2. The number of morpholine rings is 1. The topological polar surface area (TPSA) is 79.5 Å². The fourth-order valence-corrected chi connectivity index (χ4v) is 3.61. The molecule has 0 spiro atoms. The predicted octanol–water partition coefficient (Wildman–Crippen LogP) is 3.07. The lowest BCUT2D eigenvalue weighted by Crippen LogP contribution is -2.37. The second kappa shape index (κ2) is 7.87. The minimum Gasteiger partial charge on any atom is -0.508 e. The highest BCUT2D eigenvalue weighted by molar-refractivity contribution is 5.90. The van der Waals surface area contributed by atoms with Crippen LogP contribution in [0.2, 0.25) is 0 Å². The van der Waals surface area contributed by atoms with Crippen LogP contribution in [0.1, 0.15) is 26.3 Å². The normalized spacial score (nSPS) is 15.7. The van der Waals surface area contributed by atoms with Crippen LogP contribution in [-0.2, 0) is 4.74 Å². The molecule has 3 aromatic rings. The molecule has 1 fully saturated rings. The van der Waals surface area contributed by atoms with Crippen LogP contribution in [-0.4, -0.2) is 65.0 Å². The first-order valence-electron chi connectivity index (χ1n) is 10.1. The van der Waals surface area contributed by atoms with Crippen LogP contribution in [0.15, 0.2) is 24.3 Å². The summed E-state index contributed by atoms with van der Waals surface area (Å²) < 4.78 is 7.69. The lowest BCUT2D eigenvalue weighted by atomic mass is 10.1. The van der Waals surface area contributed by atoms with Crippen molar-refractivity contribution in [3.05, 3.63) is 24.3 Å². The number of phenolic OH excluding ortho intramolecular Hbond substituents is 1. The van der Waals surface area contributed by atoms with Gasteiger partial charge in [-0.3, -0.25) is 4.57 Å². The Bertz CT molecular complexity index is 1010. The molecule has 0 saturated carbocycles. The number of benzene rings is 1. The molecular weight excluding hydrogens is 368 g/mol. The highest BCUT2D eigenvalue weighted by atomic mass is 16.5. The maximum Gasteiger partial charge on any atom is 0.228 e. The van der Waals surface area contributed by atoms with Gasteiger partial charge in [0, 0.05) is 38.8 Å². The highest BCUT2D eigenvalue weighted by Crippen LogP contribution is 2.34. The van der Waals surface area contributed by atoms with Gasteiger partial charge in [0.25, 0.3) is 0 Å². The number of ether oxygens (including phenoxy) is 1. The molecule has 154 valence electrons. The van der Waals surface area contributed by atoms with Crippen molar-refractivity contribution in [1.82, 2.24) is 19.5 Å². The molecule has 2 aromatic heterocycles. The van der Waals surface area contributed by atoms with Gasteiger partial charge >= 0.3 is 0 Å². The van der Waals surface area contributed by atoms with E-state index in [1.807, 2.05) is 31.1 Å². The van der Waals surface area contributed by atoms with E-state index in [1.54, 1.807) is 12.1 Å². The number of hydrogen-bond acceptors (Lipinski definition) is 7. The third kappa shape index (κ3) is 3.60. The third-order valence-corrected chi connectivity index (χ3v) is 5.35. The van der Waals surface area contributed by atoms with E-state index in [9.17, 15) is 5.11 Å². The van der Waals surface area contributed by atoms with Crippen molar-refractivity contribution in [2.45, 2.75) is 26.3 Å². The maximum absolute atomic E-state index is 10.0. The molecule has 1 aliphatic heterocycles. The zero-order valence-electron chi connectivity index (χ0n) is 17.5. The van der Waals surface area contributed by atoms with Crippen molar-refractivity contribution in [2.75, 3.05) is 50.2 Å². The van der Waals surface area contributed by atoms with Crippen LogP contribution in [0.3, 0.4) is 0 Å². The molecule has 0 aliphatic carbocycles. The quantitative estimate of drug-likeness (QED) is 0.710. The second-order valence-corrected chi connectivity index (χ2v) is 7.63. The Kier molecular flexibility index (Phi) is 5.27. The van der Waals surface area contributed by atoms with Crippen LogP contribution < -0.4 is 9.80 Å². The van der Waals surface area contributed by atoms with Gasteiger partial charge in [-0.25, -0.2) is 9.97 Å². The van der Waals surface area contributed by atoms with Crippen LogP contribution in [0.4, 0.5) is 11.9 Å². The lowest BCUT2D eigenvalue weighted by molar-refractivity contribution is 0.122. The molecule has 1 aromatic carbocycles. The van der Waals surface area contributed by atoms with Gasteiger partial charge in [-0.1, -0.05) is 19.1 Å². The SMILES string of the molecule is CCC(C)n1c(N(C)C)nc2c(-c3cccc(O)c3)nc(N3CCOCC3)nc21. The van der Waals surface area contributed by atoms with Crippen molar-refractivity contribution in [1.29, 1.82) is 0 Å². The van der Waals surface area contributed by atoms with E-state index in [1.165, 1.54) is 0 Å². The summed E-state index contributed by atoms with van der Waals surface area (Å²) >= 11 is 0. The molecule has 1 aliphatic rings. The fourth-order valence-electron chi connectivity index (χ4n) is 3.61. The van der Waals surface area contributed by atoms with Gasteiger partial charge in [0.15, 0.2) is 5.65 Å². The maximum atomic E-state index is 10.0. The van der Waals surface area contributed by atoms with Gasteiger partial charge < -0.3 is 19.6 Å². The number of fused-ring (bicyclic) bond motifs is 1. The smallest absolute Gasteiger partial charge is 0.228 e. The van der Waals surface area contributed by atoms with E-state index in [2.05, 4.69) is 23.3 Å². The Morgan fingerprint density at radius 2 is 1.93 bits per heavy atom. The Morgan fingerprint density at radius 1 is 1.17 bits per heavy atom. The first kappa shape index (κ1) is 19.4. The molecular formula is C21H28N6O2. The zero-order chi connectivity index (χ0) is 20.5. The van der Waals surface area contributed by atoms with E-state index in [0.29, 0.717) is 19.2 Å². The number of phenols is 1. The highest BCUT2D eigenvalue weighted by Gasteiger charge is 2.24.